The predicted octanol–water partition coefficient (Wildman–Crippen LogP) is 2.20. The molecule has 1 aromatic rings. The number of aromatic nitrogens is 1. The summed E-state index contributed by atoms with van der Waals surface area (Å²) in [6, 6.07) is 2.17. The number of aliphatic hydroxyl groups is 1. The molecule has 0 radical (unpaired) electrons. The van der Waals surface area contributed by atoms with Gasteiger partial charge in [-0.05, 0) is 34.7 Å². The van der Waals surface area contributed by atoms with E-state index in [1.165, 1.54) is 6.07 Å². The van der Waals surface area contributed by atoms with Crippen molar-refractivity contribution in [1.29, 1.82) is 0 Å². The zero-order chi connectivity index (χ0) is 10.1. The zero-order valence-corrected chi connectivity index (χ0v) is 8.43. The van der Waals surface area contributed by atoms with Crippen molar-refractivity contribution < 1.29 is 18.3 Å². The van der Waals surface area contributed by atoms with Crippen LogP contribution in [0.1, 0.15) is 11.4 Å². The summed E-state index contributed by atoms with van der Waals surface area (Å²) in [5, 5.41) is 8.67. The maximum atomic E-state index is 12.1. The first-order valence-corrected chi connectivity index (χ1v) is 4.36. The molecule has 0 aliphatic rings. The minimum absolute atomic E-state index is 0.0513. The molecular weight excluding hydrogens is 298 g/mol. The minimum Gasteiger partial charge on any atom is -0.390 e. The van der Waals surface area contributed by atoms with Crippen LogP contribution in [0.15, 0.2) is 12.1 Å². The average Bonchev–Trinajstić information content (AvgIpc) is 2.03. The van der Waals surface area contributed by atoms with Gasteiger partial charge >= 0.3 is 6.18 Å². The highest BCUT2D eigenvalue weighted by atomic mass is 127. The molecule has 0 aromatic carbocycles. The Morgan fingerprint density at radius 2 is 2.00 bits per heavy atom. The van der Waals surface area contributed by atoms with Gasteiger partial charge in [0.1, 0.15) is 5.69 Å². The second-order valence-electron chi connectivity index (χ2n) is 2.28. The first-order chi connectivity index (χ1) is 5.95. The van der Waals surface area contributed by atoms with E-state index in [0.29, 0.717) is 3.57 Å². The summed E-state index contributed by atoms with van der Waals surface area (Å²) in [6.45, 7) is -0.484. The monoisotopic (exact) mass is 303 g/mol. The number of pyridine rings is 1. The summed E-state index contributed by atoms with van der Waals surface area (Å²) in [7, 11) is 0. The van der Waals surface area contributed by atoms with E-state index in [0.717, 1.165) is 6.07 Å². The van der Waals surface area contributed by atoms with E-state index < -0.39 is 18.5 Å². The van der Waals surface area contributed by atoms with Crippen LogP contribution < -0.4 is 0 Å². The van der Waals surface area contributed by atoms with E-state index in [1.54, 1.807) is 0 Å². The molecule has 0 bridgehead atoms. The van der Waals surface area contributed by atoms with Gasteiger partial charge in [-0.2, -0.15) is 13.2 Å². The molecule has 1 heterocycles. The number of aliphatic hydroxyl groups excluding tert-OH is 1. The molecule has 0 amide bonds. The van der Waals surface area contributed by atoms with Gasteiger partial charge in [-0.1, -0.05) is 0 Å². The summed E-state index contributed by atoms with van der Waals surface area (Å²) >= 11 is 1.82. The number of rotatable bonds is 1. The number of hydrogen-bond donors (Lipinski definition) is 1. The van der Waals surface area contributed by atoms with Gasteiger partial charge in [-0.25, -0.2) is 4.98 Å². The lowest BCUT2D eigenvalue weighted by molar-refractivity contribution is -0.141. The van der Waals surface area contributed by atoms with Crippen LogP contribution in [0.5, 0.6) is 0 Å². The van der Waals surface area contributed by atoms with Crippen molar-refractivity contribution >= 4 is 22.6 Å². The molecule has 6 heteroatoms. The first-order valence-electron chi connectivity index (χ1n) is 3.28. The number of halogens is 4. The van der Waals surface area contributed by atoms with E-state index in [9.17, 15) is 13.2 Å². The van der Waals surface area contributed by atoms with E-state index in [1.807, 2.05) is 22.6 Å². The standard InChI is InChI=1S/C7H5F3INO/c8-7(9,10)6-2-1-4(11)5(3-13)12-6/h1-2,13H,3H2. The van der Waals surface area contributed by atoms with Gasteiger partial charge in [0.25, 0.3) is 0 Å². The lowest BCUT2D eigenvalue weighted by Gasteiger charge is -2.07. The second kappa shape index (κ2) is 3.79. The molecule has 1 rings (SSSR count). The van der Waals surface area contributed by atoms with Crippen molar-refractivity contribution in [2.45, 2.75) is 12.8 Å². The topological polar surface area (TPSA) is 33.1 Å². The largest absolute Gasteiger partial charge is 0.433 e. The van der Waals surface area contributed by atoms with E-state index >= 15 is 0 Å². The maximum absolute atomic E-state index is 12.1. The van der Waals surface area contributed by atoms with Crippen molar-refractivity contribution in [3.05, 3.63) is 27.1 Å². The molecular formula is C7H5F3INO. The molecule has 0 aliphatic heterocycles. The van der Waals surface area contributed by atoms with Crippen LogP contribution in [0.4, 0.5) is 13.2 Å². The summed E-state index contributed by atoms with van der Waals surface area (Å²) in [6.07, 6.45) is -4.45. The van der Waals surface area contributed by atoms with Gasteiger partial charge in [-0.3, -0.25) is 0 Å². The number of hydrogen-bond acceptors (Lipinski definition) is 2. The van der Waals surface area contributed by atoms with Crippen molar-refractivity contribution in [2.24, 2.45) is 0 Å². The quantitative estimate of drug-likeness (QED) is 0.807. The van der Waals surface area contributed by atoms with Gasteiger partial charge < -0.3 is 5.11 Å². The van der Waals surface area contributed by atoms with Crippen molar-refractivity contribution in [2.75, 3.05) is 0 Å². The fraction of sp³-hybridized carbons (Fsp3) is 0.286. The third-order valence-electron chi connectivity index (χ3n) is 1.36. The normalized spacial score (nSPS) is 11.8. The fourth-order valence-electron chi connectivity index (χ4n) is 0.753. The van der Waals surface area contributed by atoms with Gasteiger partial charge in [0.15, 0.2) is 0 Å². The van der Waals surface area contributed by atoms with E-state index in [4.69, 9.17) is 5.11 Å². The Bertz CT molecular complexity index is 313. The Kier molecular flexibility index (Phi) is 3.12. The van der Waals surface area contributed by atoms with Gasteiger partial charge in [0, 0.05) is 3.57 Å². The number of alkyl halides is 3. The lowest BCUT2D eigenvalue weighted by atomic mass is 10.3. The van der Waals surface area contributed by atoms with Crippen LogP contribution in [-0.2, 0) is 12.8 Å². The molecule has 0 saturated carbocycles. The van der Waals surface area contributed by atoms with Crippen molar-refractivity contribution in [3.8, 4) is 0 Å². The van der Waals surface area contributed by atoms with Crippen LogP contribution in [0.2, 0.25) is 0 Å². The minimum atomic E-state index is -4.45. The van der Waals surface area contributed by atoms with Crippen LogP contribution >= 0.6 is 22.6 Å². The highest BCUT2D eigenvalue weighted by Gasteiger charge is 2.32. The fourth-order valence-corrected chi connectivity index (χ4v) is 1.22. The molecule has 72 valence electrons. The molecule has 0 spiro atoms. The molecule has 1 N–H and O–H groups in total. The summed E-state index contributed by atoms with van der Waals surface area (Å²) in [5.41, 5.74) is -0.924. The molecule has 2 nitrogen and oxygen atoms in total. The third kappa shape index (κ3) is 2.53. The predicted molar refractivity (Wildman–Crippen MR) is 47.9 cm³/mol. The van der Waals surface area contributed by atoms with E-state index in [-0.39, 0.29) is 5.69 Å². The summed E-state index contributed by atoms with van der Waals surface area (Å²) < 4.78 is 36.8. The zero-order valence-electron chi connectivity index (χ0n) is 6.27. The Hall–Kier alpha value is -0.370. The Morgan fingerprint density at radius 3 is 2.46 bits per heavy atom. The summed E-state index contributed by atoms with van der Waals surface area (Å²) in [5.74, 6) is 0. The van der Waals surface area contributed by atoms with Crippen molar-refractivity contribution in [1.82, 2.24) is 4.98 Å². The first kappa shape index (κ1) is 10.7. The van der Waals surface area contributed by atoms with Gasteiger partial charge in [-0.15, -0.1) is 0 Å². The highest BCUT2D eigenvalue weighted by molar-refractivity contribution is 14.1. The summed E-state index contributed by atoms with van der Waals surface area (Å²) in [4.78, 5) is 3.28. The Morgan fingerprint density at radius 1 is 1.38 bits per heavy atom. The maximum Gasteiger partial charge on any atom is 0.433 e. The molecule has 1 aromatic heterocycles. The highest BCUT2D eigenvalue weighted by Crippen LogP contribution is 2.28. The Labute approximate surface area is 85.9 Å². The molecule has 0 aliphatic carbocycles. The van der Waals surface area contributed by atoms with Crippen LogP contribution in [0, 0.1) is 3.57 Å². The van der Waals surface area contributed by atoms with Gasteiger partial charge in [0.05, 0.1) is 12.3 Å². The average molecular weight is 303 g/mol. The molecule has 0 saturated heterocycles. The lowest BCUT2D eigenvalue weighted by Crippen LogP contribution is -2.10. The Balaban J connectivity index is 3.14. The second-order valence-corrected chi connectivity index (χ2v) is 3.44. The van der Waals surface area contributed by atoms with Crippen molar-refractivity contribution in [3.63, 3.8) is 0 Å². The van der Waals surface area contributed by atoms with Gasteiger partial charge in [0.2, 0.25) is 0 Å². The molecule has 0 fully saturated rings. The smallest absolute Gasteiger partial charge is 0.390 e. The van der Waals surface area contributed by atoms with Crippen LogP contribution in [0.3, 0.4) is 0 Å². The van der Waals surface area contributed by atoms with Crippen LogP contribution in [0.25, 0.3) is 0 Å². The SMILES string of the molecule is OCc1nc(C(F)(F)F)ccc1I. The number of nitrogens with zero attached hydrogens (tertiary/aromatic N) is 1. The molecule has 0 unspecified atom stereocenters. The third-order valence-corrected chi connectivity index (χ3v) is 2.34. The molecule has 13 heavy (non-hydrogen) atoms. The van der Waals surface area contributed by atoms with Crippen LogP contribution in [-0.4, -0.2) is 10.1 Å². The molecule has 0 atom stereocenters. The van der Waals surface area contributed by atoms with E-state index in [2.05, 4.69) is 4.98 Å².